The molecule has 1 aliphatic rings. The molecule has 2 N–H and O–H groups in total. The topological polar surface area (TPSA) is 76.0 Å². The third-order valence-electron chi connectivity index (χ3n) is 3.91. The second kappa shape index (κ2) is 5.63. The predicted molar refractivity (Wildman–Crippen MR) is 82.2 cm³/mol. The number of anilines is 1. The van der Waals surface area contributed by atoms with Crippen LogP contribution in [0.3, 0.4) is 0 Å². The highest BCUT2D eigenvalue weighted by Gasteiger charge is 2.26. The predicted octanol–water partition coefficient (Wildman–Crippen LogP) is 1.47. The first-order valence-corrected chi connectivity index (χ1v) is 7.24. The lowest BCUT2D eigenvalue weighted by Crippen LogP contribution is -2.37. The van der Waals surface area contributed by atoms with Crippen molar-refractivity contribution in [2.24, 2.45) is 7.05 Å². The molecule has 0 unspecified atom stereocenters. The van der Waals surface area contributed by atoms with Crippen molar-refractivity contribution in [3.8, 4) is 0 Å². The van der Waals surface area contributed by atoms with E-state index in [0.29, 0.717) is 11.4 Å². The van der Waals surface area contributed by atoms with E-state index in [1.165, 1.54) is 5.56 Å². The largest absolute Gasteiger partial charge is 0.341 e. The molecule has 0 fully saturated rings. The number of benzene rings is 1. The summed E-state index contributed by atoms with van der Waals surface area (Å²) in [6.45, 7) is 1.78. The Balaban J connectivity index is 1.65. The number of nitrogens with zero attached hydrogens (tertiary/aromatic N) is 2. The molecule has 1 aromatic heterocycles. The van der Waals surface area contributed by atoms with Crippen LogP contribution >= 0.6 is 0 Å². The molecule has 0 saturated heterocycles. The van der Waals surface area contributed by atoms with E-state index >= 15 is 0 Å². The van der Waals surface area contributed by atoms with Crippen molar-refractivity contribution in [1.82, 2.24) is 15.1 Å². The maximum atomic E-state index is 12.1. The van der Waals surface area contributed by atoms with Crippen molar-refractivity contribution in [1.29, 1.82) is 0 Å². The van der Waals surface area contributed by atoms with Crippen LogP contribution in [0.5, 0.6) is 0 Å². The molecule has 0 aliphatic heterocycles. The van der Waals surface area contributed by atoms with Crippen molar-refractivity contribution < 1.29 is 9.59 Å². The van der Waals surface area contributed by atoms with Gasteiger partial charge in [0.2, 0.25) is 0 Å². The molecule has 1 atom stereocenters. The molecule has 1 aromatic carbocycles. The number of aryl methyl sites for hydroxylation is 3. The Hall–Kier alpha value is -2.63. The lowest BCUT2D eigenvalue weighted by atomic mass is 10.1. The van der Waals surface area contributed by atoms with Crippen LogP contribution in [0.4, 0.5) is 5.69 Å². The van der Waals surface area contributed by atoms with E-state index in [4.69, 9.17) is 0 Å². The Kier molecular flexibility index (Phi) is 3.66. The molecule has 22 heavy (non-hydrogen) atoms. The van der Waals surface area contributed by atoms with E-state index in [1.807, 2.05) is 18.2 Å². The maximum Gasteiger partial charge on any atom is 0.313 e. The zero-order chi connectivity index (χ0) is 15.7. The fourth-order valence-electron chi connectivity index (χ4n) is 2.83. The summed E-state index contributed by atoms with van der Waals surface area (Å²) in [6.07, 6.45) is 3.42. The smallest absolute Gasteiger partial charge is 0.313 e. The van der Waals surface area contributed by atoms with Crippen LogP contribution < -0.4 is 10.6 Å². The van der Waals surface area contributed by atoms with Crippen molar-refractivity contribution in [2.75, 3.05) is 5.32 Å². The Morgan fingerprint density at radius 1 is 1.27 bits per heavy atom. The lowest BCUT2D eigenvalue weighted by Gasteiger charge is -2.13. The van der Waals surface area contributed by atoms with Crippen molar-refractivity contribution in [3.63, 3.8) is 0 Å². The minimum absolute atomic E-state index is 0.0931. The number of hydrogen-bond donors (Lipinski definition) is 2. The normalized spacial score (nSPS) is 16.2. The van der Waals surface area contributed by atoms with Crippen molar-refractivity contribution >= 4 is 17.5 Å². The van der Waals surface area contributed by atoms with Gasteiger partial charge in [0.25, 0.3) is 0 Å². The van der Waals surface area contributed by atoms with Crippen LogP contribution in [-0.2, 0) is 23.1 Å². The minimum Gasteiger partial charge on any atom is -0.341 e. The van der Waals surface area contributed by atoms with Gasteiger partial charge in [-0.1, -0.05) is 24.3 Å². The van der Waals surface area contributed by atoms with Gasteiger partial charge in [-0.3, -0.25) is 14.3 Å². The monoisotopic (exact) mass is 298 g/mol. The van der Waals surface area contributed by atoms with Crippen LogP contribution in [0.1, 0.15) is 29.3 Å². The summed E-state index contributed by atoms with van der Waals surface area (Å²) in [5, 5.41) is 9.52. The van der Waals surface area contributed by atoms with Gasteiger partial charge in [-0.15, -0.1) is 0 Å². The number of nitrogens with one attached hydrogen (secondary N) is 2. The molecule has 0 spiro atoms. The Labute approximate surface area is 128 Å². The molecular formula is C16H18N4O2. The molecule has 0 radical (unpaired) electrons. The molecule has 6 heteroatoms. The molecule has 1 heterocycles. The van der Waals surface area contributed by atoms with E-state index in [-0.39, 0.29) is 6.04 Å². The molecule has 3 rings (SSSR count). The summed E-state index contributed by atoms with van der Waals surface area (Å²) in [5.74, 6) is -1.29. The maximum absolute atomic E-state index is 12.1. The second-order valence-corrected chi connectivity index (χ2v) is 5.52. The summed E-state index contributed by atoms with van der Waals surface area (Å²) in [7, 11) is 1.76. The zero-order valence-corrected chi connectivity index (χ0v) is 12.6. The number of fused-ring (bicyclic) bond motifs is 1. The molecule has 0 saturated carbocycles. The second-order valence-electron chi connectivity index (χ2n) is 5.52. The summed E-state index contributed by atoms with van der Waals surface area (Å²) >= 11 is 0. The van der Waals surface area contributed by atoms with Crippen LogP contribution in [0.25, 0.3) is 0 Å². The van der Waals surface area contributed by atoms with Gasteiger partial charge in [-0.05, 0) is 30.9 Å². The van der Waals surface area contributed by atoms with E-state index in [1.54, 1.807) is 24.9 Å². The molecule has 2 amide bonds. The summed E-state index contributed by atoms with van der Waals surface area (Å²) < 4.78 is 1.59. The van der Waals surface area contributed by atoms with E-state index in [9.17, 15) is 9.59 Å². The van der Waals surface area contributed by atoms with Crippen LogP contribution in [0.15, 0.2) is 30.5 Å². The fraction of sp³-hybridized carbons (Fsp3) is 0.312. The number of rotatable bonds is 2. The standard InChI is InChI=1S/C16H18N4O2/c1-10-14(9-20(2)19-10)18-16(22)15(21)17-13-8-7-11-5-3-4-6-12(11)13/h3-6,9,13H,7-8H2,1-2H3,(H,17,21)(H,18,22)/t13-/m1/s1. The van der Waals surface area contributed by atoms with Gasteiger partial charge in [-0.2, -0.15) is 5.10 Å². The average molecular weight is 298 g/mol. The number of hydrogen-bond acceptors (Lipinski definition) is 3. The highest BCUT2D eigenvalue weighted by Crippen LogP contribution is 2.30. The lowest BCUT2D eigenvalue weighted by molar-refractivity contribution is -0.136. The fourth-order valence-corrected chi connectivity index (χ4v) is 2.83. The molecule has 1 aliphatic carbocycles. The van der Waals surface area contributed by atoms with Gasteiger partial charge in [0.1, 0.15) is 0 Å². The van der Waals surface area contributed by atoms with Crippen LogP contribution in [0.2, 0.25) is 0 Å². The zero-order valence-electron chi connectivity index (χ0n) is 12.6. The Morgan fingerprint density at radius 3 is 2.77 bits per heavy atom. The Morgan fingerprint density at radius 2 is 2.05 bits per heavy atom. The summed E-state index contributed by atoms with van der Waals surface area (Å²) in [4.78, 5) is 24.1. The van der Waals surface area contributed by atoms with E-state index in [0.717, 1.165) is 18.4 Å². The highest BCUT2D eigenvalue weighted by molar-refractivity contribution is 6.39. The highest BCUT2D eigenvalue weighted by atomic mass is 16.2. The third-order valence-corrected chi connectivity index (χ3v) is 3.91. The third kappa shape index (κ3) is 2.72. The van der Waals surface area contributed by atoms with Gasteiger partial charge < -0.3 is 10.6 Å². The SMILES string of the molecule is Cc1nn(C)cc1NC(=O)C(=O)N[C@@H]1CCc2ccccc21. The number of carbonyl (C=O) groups is 2. The first kappa shape index (κ1) is 14.3. The van der Waals surface area contributed by atoms with Gasteiger partial charge >= 0.3 is 11.8 Å². The Bertz CT molecular complexity index is 735. The van der Waals surface area contributed by atoms with Gasteiger partial charge in [0.05, 0.1) is 17.4 Å². The molecule has 114 valence electrons. The minimum atomic E-state index is -0.666. The van der Waals surface area contributed by atoms with Crippen LogP contribution in [0, 0.1) is 6.92 Å². The van der Waals surface area contributed by atoms with E-state index < -0.39 is 11.8 Å². The molecular weight excluding hydrogens is 280 g/mol. The van der Waals surface area contributed by atoms with Crippen molar-refractivity contribution in [3.05, 3.63) is 47.3 Å². The first-order valence-electron chi connectivity index (χ1n) is 7.24. The summed E-state index contributed by atoms with van der Waals surface area (Å²) in [6, 6.07) is 7.89. The first-order chi connectivity index (χ1) is 10.5. The van der Waals surface area contributed by atoms with Gasteiger partial charge in [-0.25, -0.2) is 0 Å². The average Bonchev–Trinajstić information content (AvgIpc) is 3.03. The molecule has 0 bridgehead atoms. The summed E-state index contributed by atoms with van der Waals surface area (Å²) in [5.41, 5.74) is 3.56. The number of amides is 2. The molecule has 2 aromatic rings. The quantitative estimate of drug-likeness (QED) is 0.824. The van der Waals surface area contributed by atoms with Crippen molar-refractivity contribution in [2.45, 2.75) is 25.8 Å². The van der Waals surface area contributed by atoms with Crippen LogP contribution in [-0.4, -0.2) is 21.6 Å². The van der Waals surface area contributed by atoms with Gasteiger partial charge in [0.15, 0.2) is 0 Å². The number of carbonyl (C=O) groups excluding carboxylic acids is 2. The number of aromatic nitrogens is 2. The molecule has 6 nitrogen and oxygen atoms in total. The van der Waals surface area contributed by atoms with Gasteiger partial charge in [0, 0.05) is 13.2 Å². The van der Waals surface area contributed by atoms with E-state index in [2.05, 4.69) is 21.8 Å².